The molecule has 1 aromatic rings. The lowest BCUT2D eigenvalue weighted by molar-refractivity contribution is 0.0693. The molecule has 0 bridgehead atoms. The highest BCUT2D eigenvalue weighted by Crippen LogP contribution is 2.23. The van der Waals surface area contributed by atoms with E-state index in [0.29, 0.717) is 0 Å². The molecule has 3 N–H and O–H groups in total. The number of rotatable bonds is 5. The molecule has 6 nitrogen and oxygen atoms in total. The van der Waals surface area contributed by atoms with Gasteiger partial charge in [-0.3, -0.25) is 0 Å². The smallest absolute Gasteiger partial charge is 0.339 e. The Balaban J connectivity index is 3.27. The fourth-order valence-corrected chi connectivity index (χ4v) is 2.42. The summed E-state index contributed by atoms with van der Waals surface area (Å²) in [6, 6.07) is 3.62. The van der Waals surface area contributed by atoms with E-state index >= 15 is 0 Å². The average molecular weight is 259 g/mol. The Morgan fingerprint density at radius 3 is 2.59 bits per heavy atom. The van der Waals surface area contributed by atoms with Gasteiger partial charge in [-0.05, 0) is 18.2 Å². The van der Waals surface area contributed by atoms with E-state index in [-0.39, 0.29) is 28.5 Å². The second-order valence-electron chi connectivity index (χ2n) is 3.27. The maximum Gasteiger partial charge on any atom is 0.339 e. The number of ether oxygens (including phenoxy) is 1. The van der Waals surface area contributed by atoms with Crippen LogP contribution in [0, 0.1) is 0 Å². The highest BCUT2D eigenvalue weighted by molar-refractivity contribution is 7.91. The van der Waals surface area contributed by atoms with E-state index in [1.807, 2.05) is 0 Å². The first-order chi connectivity index (χ1) is 7.92. The van der Waals surface area contributed by atoms with Crippen molar-refractivity contribution in [3.05, 3.63) is 23.8 Å². The molecular weight excluding hydrogens is 246 g/mol. The summed E-state index contributed by atoms with van der Waals surface area (Å²) in [6.45, 7) is 0.00529. The molecule has 0 radical (unpaired) electrons. The maximum atomic E-state index is 11.7. The number of carbonyl (C=O) groups is 1. The molecule has 0 atom stereocenters. The molecule has 7 heteroatoms. The lowest BCUT2D eigenvalue weighted by Gasteiger charge is -2.08. The molecular formula is C10H13NO5S. The van der Waals surface area contributed by atoms with E-state index < -0.39 is 15.8 Å². The molecule has 0 spiro atoms. The normalized spacial score (nSPS) is 11.2. The van der Waals surface area contributed by atoms with Gasteiger partial charge >= 0.3 is 5.97 Å². The number of benzene rings is 1. The highest BCUT2D eigenvalue weighted by Gasteiger charge is 2.18. The van der Waals surface area contributed by atoms with Crippen LogP contribution in [0.3, 0.4) is 0 Å². The first-order valence-corrected chi connectivity index (χ1v) is 6.41. The first-order valence-electron chi connectivity index (χ1n) is 4.76. The van der Waals surface area contributed by atoms with Crippen LogP contribution in [0.15, 0.2) is 23.1 Å². The molecule has 0 aliphatic heterocycles. The van der Waals surface area contributed by atoms with Crippen molar-refractivity contribution in [2.75, 3.05) is 19.4 Å². The topological polar surface area (TPSA) is 107 Å². The summed E-state index contributed by atoms with van der Waals surface area (Å²) >= 11 is 0. The monoisotopic (exact) mass is 259 g/mol. The lowest BCUT2D eigenvalue weighted by Crippen LogP contribution is -2.16. The largest absolute Gasteiger partial charge is 0.496 e. The van der Waals surface area contributed by atoms with E-state index in [0.717, 1.165) is 0 Å². The van der Waals surface area contributed by atoms with Crippen molar-refractivity contribution in [3.8, 4) is 5.75 Å². The number of methoxy groups -OCH3 is 1. The van der Waals surface area contributed by atoms with Gasteiger partial charge in [-0.2, -0.15) is 0 Å². The molecule has 0 aliphatic carbocycles. The van der Waals surface area contributed by atoms with Crippen molar-refractivity contribution >= 4 is 15.8 Å². The molecule has 0 fully saturated rings. The standard InChI is InChI=1S/C10H13NO5S/c1-16-9-6-7(17(14,15)5-4-11)2-3-8(9)10(12)13/h2-3,6H,4-5,11H2,1H3,(H,12,13). The first kappa shape index (κ1) is 13.5. The summed E-state index contributed by atoms with van der Waals surface area (Å²) in [5.74, 6) is -1.36. The minimum absolute atomic E-state index is 0.00444. The number of hydrogen-bond donors (Lipinski definition) is 2. The van der Waals surface area contributed by atoms with Gasteiger partial charge in [0.1, 0.15) is 11.3 Å². The van der Waals surface area contributed by atoms with Crippen LogP contribution in [0.4, 0.5) is 0 Å². The quantitative estimate of drug-likeness (QED) is 0.778. The minimum atomic E-state index is -3.48. The van der Waals surface area contributed by atoms with Gasteiger partial charge in [-0.1, -0.05) is 0 Å². The van der Waals surface area contributed by atoms with Crippen molar-refractivity contribution in [3.63, 3.8) is 0 Å². The molecule has 0 aromatic heterocycles. The van der Waals surface area contributed by atoms with Crippen molar-refractivity contribution < 1.29 is 23.1 Å². The highest BCUT2D eigenvalue weighted by atomic mass is 32.2. The van der Waals surface area contributed by atoms with Gasteiger partial charge in [0, 0.05) is 6.54 Å². The Kier molecular flexibility index (Phi) is 4.08. The zero-order valence-electron chi connectivity index (χ0n) is 9.21. The number of carboxylic acids is 1. The van der Waals surface area contributed by atoms with Gasteiger partial charge in [-0.15, -0.1) is 0 Å². The Morgan fingerprint density at radius 1 is 1.47 bits per heavy atom. The third-order valence-electron chi connectivity index (χ3n) is 2.15. The average Bonchev–Trinajstić information content (AvgIpc) is 2.27. The van der Waals surface area contributed by atoms with Crippen LogP contribution in [0.5, 0.6) is 5.75 Å². The lowest BCUT2D eigenvalue weighted by atomic mass is 10.2. The third kappa shape index (κ3) is 2.95. The fraction of sp³-hybridized carbons (Fsp3) is 0.300. The second-order valence-corrected chi connectivity index (χ2v) is 5.38. The van der Waals surface area contributed by atoms with Crippen LogP contribution >= 0.6 is 0 Å². The van der Waals surface area contributed by atoms with Gasteiger partial charge < -0.3 is 15.6 Å². The van der Waals surface area contributed by atoms with Crippen molar-refractivity contribution in [2.24, 2.45) is 5.73 Å². The van der Waals surface area contributed by atoms with E-state index in [9.17, 15) is 13.2 Å². The van der Waals surface area contributed by atoms with Gasteiger partial charge in [0.2, 0.25) is 0 Å². The molecule has 0 heterocycles. The van der Waals surface area contributed by atoms with Gasteiger partial charge in [0.25, 0.3) is 0 Å². The second kappa shape index (κ2) is 5.15. The summed E-state index contributed by atoms with van der Waals surface area (Å²) in [6.07, 6.45) is 0. The number of nitrogens with two attached hydrogens (primary N) is 1. The zero-order valence-corrected chi connectivity index (χ0v) is 10.0. The van der Waals surface area contributed by atoms with Crippen molar-refractivity contribution in [1.29, 1.82) is 0 Å². The number of carboxylic acid groups (broad SMARTS) is 1. The van der Waals surface area contributed by atoms with Crippen LogP contribution < -0.4 is 10.5 Å². The molecule has 1 aromatic carbocycles. The van der Waals surface area contributed by atoms with Crippen LogP contribution in [0.25, 0.3) is 0 Å². The number of hydrogen-bond acceptors (Lipinski definition) is 5. The third-order valence-corrected chi connectivity index (χ3v) is 3.89. The molecule has 94 valence electrons. The molecule has 1 rings (SSSR count). The number of sulfone groups is 1. The minimum Gasteiger partial charge on any atom is -0.496 e. The summed E-state index contributed by atoms with van der Waals surface area (Å²) < 4.78 is 28.2. The Morgan fingerprint density at radius 2 is 2.12 bits per heavy atom. The molecule has 0 aliphatic rings. The fourth-order valence-electron chi connectivity index (χ4n) is 1.31. The predicted octanol–water partition coefficient (Wildman–Crippen LogP) is 0.126. The Hall–Kier alpha value is -1.60. The predicted molar refractivity (Wildman–Crippen MR) is 61.1 cm³/mol. The molecule has 17 heavy (non-hydrogen) atoms. The van der Waals surface area contributed by atoms with Crippen LogP contribution in [-0.4, -0.2) is 38.9 Å². The molecule has 0 saturated carbocycles. The number of aromatic carboxylic acids is 1. The zero-order chi connectivity index (χ0) is 13.1. The maximum absolute atomic E-state index is 11.7. The van der Waals surface area contributed by atoms with Crippen LogP contribution in [0.1, 0.15) is 10.4 Å². The van der Waals surface area contributed by atoms with Gasteiger partial charge in [0.05, 0.1) is 17.8 Å². The van der Waals surface area contributed by atoms with Gasteiger partial charge in [0.15, 0.2) is 9.84 Å². The summed E-state index contributed by atoms with van der Waals surface area (Å²) in [4.78, 5) is 10.8. The van der Waals surface area contributed by atoms with Crippen LogP contribution in [-0.2, 0) is 9.84 Å². The molecule has 0 saturated heterocycles. The summed E-state index contributed by atoms with van der Waals surface area (Å²) in [7, 11) is -2.20. The van der Waals surface area contributed by atoms with Crippen molar-refractivity contribution in [1.82, 2.24) is 0 Å². The Labute approximate surface area is 98.9 Å². The van der Waals surface area contributed by atoms with E-state index in [1.54, 1.807) is 0 Å². The van der Waals surface area contributed by atoms with E-state index in [1.165, 1.54) is 25.3 Å². The summed E-state index contributed by atoms with van der Waals surface area (Å²) in [5, 5.41) is 8.84. The summed E-state index contributed by atoms with van der Waals surface area (Å²) in [5.41, 5.74) is 5.11. The van der Waals surface area contributed by atoms with Crippen molar-refractivity contribution in [2.45, 2.75) is 4.90 Å². The van der Waals surface area contributed by atoms with Crippen LogP contribution in [0.2, 0.25) is 0 Å². The van der Waals surface area contributed by atoms with E-state index in [2.05, 4.69) is 0 Å². The SMILES string of the molecule is COc1cc(S(=O)(=O)CCN)ccc1C(=O)O. The molecule has 0 unspecified atom stereocenters. The van der Waals surface area contributed by atoms with E-state index in [4.69, 9.17) is 15.6 Å². The van der Waals surface area contributed by atoms with Gasteiger partial charge in [-0.25, -0.2) is 13.2 Å². The Bertz CT molecular complexity index is 523. The molecule has 0 amide bonds.